The minimum absolute atomic E-state index is 0.0932. The number of benzene rings is 1. The van der Waals surface area contributed by atoms with Crippen molar-refractivity contribution in [2.45, 2.75) is 19.3 Å². The number of H-pyrrole nitrogens is 1. The number of aryl methyl sites for hydroxylation is 1. The molecule has 0 bridgehead atoms. The van der Waals surface area contributed by atoms with Gasteiger partial charge in [0.25, 0.3) is 0 Å². The third-order valence-corrected chi connectivity index (χ3v) is 5.86. The molecule has 1 aliphatic heterocycles. The zero-order chi connectivity index (χ0) is 17.2. The first-order valence-corrected chi connectivity index (χ1v) is 10.1. The van der Waals surface area contributed by atoms with Gasteiger partial charge in [-0.3, -0.25) is 4.79 Å². The van der Waals surface area contributed by atoms with Crippen molar-refractivity contribution >= 4 is 26.8 Å². The molecule has 1 aliphatic rings. The summed E-state index contributed by atoms with van der Waals surface area (Å²) in [6.45, 7) is 1.97. The number of hydrogen-bond donors (Lipinski definition) is 1. The lowest BCUT2D eigenvalue weighted by atomic mass is 10.1. The standard InChI is InChI=1S/C17H23N3O3S/c1-24(22,23)20-10-4-9-19(11-12-20)17(21)8-7-14-13-18-16-6-3-2-5-15(14)16/h2-3,5-6,13,18H,4,7-12H2,1H3. The van der Waals surface area contributed by atoms with Crippen LogP contribution >= 0.6 is 0 Å². The maximum Gasteiger partial charge on any atom is 0.222 e. The second-order valence-electron chi connectivity index (χ2n) is 6.26. The number of fused-ring (bicyclic) bond motifs is 1. The number of nitrogens with zero attached hydrogens (tertiary/aromatic N) is 2. The summed E-state index contributed by atoms with van der Waals surface area (Å²) in [6.07, 6.45) is 5.01. The number of rotatable bonds is 4. The summed E-state index contributed by atoms with van der Waals surface area (Å²) in [4.78, 5) is 17.5. The first-order chi connectivity index (χ1) is 11.4. The van der Waals surface area contributed by atoms with Gasteiger partial charge in [-0.2, -0.15) is 0 Å². The van der Waals surface area contributed by atoms with Gasteiger partial charge in [-0.15, -0.1) is 0 Å². The van der Waals surface area contributed by atoms with Crippen LogP contribution in [0.25, 0.3) is 10.9 Å². The summed E-state index contributed by atoms with van der Waals surface area (Å²) in [5.41, 5.74) is 2.23. The van der Waals surface area contributed by atoms with Crippen LogP contribution < -0.4 is 0 Å². The Kier molecular flexibility index (Phi) is 4.91. The summed E-state index contributed by atoms with van der Waals surface area (Å²) in [5, 5.41) is 1.16. The van der Waals surface area contributed by atoms with Crippen molar-refractivity contribution in [1.82, 2.24) is 14.2 Å². The fourth-order valence-corrected chi connectivity index (χ4v) is 4.09. The van der Waals surface area contributed by atoms with Gasteiger partial charge in [0, 0.05) is 49.7 Å². The summed E-state index contributed by atoms with van der Waals surface area (Å²) in [6, 6.07) is 8.06. The second kappa shape index (κ2) is 6.94. The van der Waals surface area contributed by atoms with Crippen molar-refractivity contribution in [2.75, 3.05) is 32.4 Å². The highest BCUT2D eigenvalue weighted by molar-refractivity contribution is 7.88. The highest BCUT2D eigenvalue weighted by Gasteiger charge is 2.23. The summed E-state index contributed by atoms with van der Waals surface area (Å²) in [7, 11) is -3.18. The van der Waals surface area contributed by atoms with Crippen molar-refractivity contribution in [1.29, 1.82) is 0 Å². The van der Waals surface area contributed by atoms with Crippen LogP contribution in [0.1, 0.15) is 18.4 Å². The number of amides is 1. The van der Waals surface area contributed by atoms with Crippen LogP contribution in [0.5, 0.6) is 0 Å². The van der Waals surface area contributed by atoms with Crippen molar-refractivity contribution in [3.05, 3.63) is 36.0 Å². The van der Waals surface area contributed by atoms with Crippen LogP contribution in [0, 0.1) is 0 Å². The number of carbonyl (C=O) groups is 1. The zero-order valence-corrected chi connectivity index (χ0v) is 14.7. The van der Waals surface area contributed by atoms with Gasteiger partial charge in [-0.05, 0) is 24.5 Å². The van der Waals surface area contributed by atoms with E-state index < -0.39 is 10.0 Å². The Labute approximate surface area is 142 Å². The lowest BCUT2D eigenvalue weighted by Gasteiger charge is -2.21. The van der Waals surface area contributed by atoms with Gasteiger partial charge in [0.2, 0.25) is 15.9 Å². The van der Waals surface area contributed by atoms with E-state index in [2.05, 4.69) is 11.1 Å². The van der Waals surface area contributed by atoms with Gasteiger partial charge in [0.1, 0.15) is 0 Å². The highest BCUT2D eigenvalue weighted by Crippen LogP contribution is 2.19. The van der Waals surface area contributed by atoms with E-state index in [1.807, 2.05) is 24.4 Å². The van der Waals surface area contributed by atoms with E-state index >= 15 is 0 Å². The van der Waals surface area contributed by atoms with Crippen molar-refractivity contribution < 1.29 is 13.2 Å². The molecule has 1 aromatic carbocycles. The molecule has 1 saturated heterocycles. The third kappa shape index (κ3) is 3.79. The predicted molar refractivity (Wildman–Crippen MR) is 94.2 cm³/mol. The van der Waals surface area contributed by atoms with Crippen LogP contribution in [0.2, 0.25) is 0 Å². The number of hydrogen-bond acceptors (Lipinski definition) is 3. The molecule has 0 atom stereocenters. The number of para-hydroxylation sites is 1. The second-order valence-corrected chi connectivity index (χ2v) is 8.24. The van der Waals surface area contributed by atoms with Crippen LogP contribution in [0.15, 0.2) is 30.5 Å². The van der Waals surface area contributed by atoms with Crippen LogP contribution in [0.4, 0.5) is 0 Å². The minimum Gasteiger partial charge on any atom is -0.361 e. The number of carbonyl (C=O) groups excluding carboxylic acids is 1. The fraction of sp³-hybridized carbons (Fsp3) is 0.471. The molecule has 0 aliphatic carbocycles. The Bertz CT molecular complexity index is 828. The molecule has 6 nitrogen and oxygen atoms in total. The highest BCUT2D eigenvalue weighted by atomic mass is 32.2. The molecule has 130 valence electrons. The molecule has 0 radical (unpaired) electrons. The lowest BCUT2D eigenvalue weighted by Crippen LogP contribution is -2.37. The number of sulfonamides is 1. The van der Waals surface area contributed by atoms with Gasteiger partial charge in [-0.1, -0.05) is 18.2 Å². The van der Waals surface area contributed by atoms with Crippen LogP contribution in [-0.4, -0.2) is 60.9 Å². The molecule has 3 rings (SSSR count). The van der Waals surface area contributed by atoms with E-state index in [0.717, 1.165) is 16.5 Å². The quantitative estimate of drug-likeness (QED) is 0.911. The maximum absolute atomic E-state index is 12.5. The van der Waals surface area contributed by atoms with Crippen molar-refractivity contribution in [2.24, 2.45) is 0 Å². The molecule has 1 fully saturated rings. The summed E-state index contributed by atoms with van der Waals surface area (Å²) < 4.78 is 24.7. The van der Waals surface area contributed by atoms with E-state index in [4.69, 9.17) is 0 Å². The lowest BCUT2D eigenvalue weighted by molar-refractivity contribution is -0.131. The Morgan fingerprint density at radius 1 is 1.17 bits per heavy atom. The molecule has 1 aromatic heterocycles. The first kappa shape index (κ1) is 17.0. The predicted octanol–water partition coefficient (Wildman–Crippen LogP) is 1.59. The monoisotopic (exact) mass is 349 g/mol. The molecular formula is C17H23N3O3S. The van der Waals surface area contributed by atoms with E-state index in [9.17, 15) is 13.2 Å². The number of aromatic amines is 1. The average molecular weight is 349 g/mol. The van der Waals surface area contributed by atoms with Gasteiger partial charge in [0.15, 0.2) is 0 Å². The van der Waals surface area contributed by atoms with E-state index in [0.29, 0.717) is 45.4 Å². The van der Waals surface area contributed by atoms with Gasteiger partial charge >= 0.3 is 0 Å². The third-order valence-electron chi connectivity index (χ3n) is 4.56. The SMILES string of the molecule is CS(=O)(=O)N1CCCN(C(=O)CCc2c[nH]c3ccccc23)CC1. The van der Waals surface area contributed by atoms with Gasteiger partial charge in [-0.25, -0.2) is 12.7 Å². The molecule has 24 heavy (non-hydrogen) atoms. The molecule has 0 unspecified atom stereocenters. The molecule has 7 heteroatoms. The number of aromatic nitrogens is 1. The van der Waals surface area contributed by atoms with Crippen molar-refractivity contribution in [3.63, 3.8) is 0 Å². The average Bonchev–Trinajstić information content (AvgIpc) is 2.78. The smallest absolute Gasteiger partial charge is 0.222 e. The zero-order valence-electron chi connectivity index (χ0n) is 13.9. The Hall–Kier alpha value is -1.86. The normalized spacial score (nSPS) is 17.1. The van der Waals surface area contributed by atoms with Crippen molar-refractivity contribution in [3.8, 4) is 0 Å². The molecule has 2 aromatic rings. The summed E-state index contributed by atoms with van der Waals surface area (Å²) in [5.74, 6) is 0.0932. The molecule has 2 heterocycles. The molecule has 0 spiro atoms. The maximum atomic E-state index is 12.5. The minimum atomic E-state index is -3.18. The summed E-state index contributed by atoms with van der Waals surface area (Å²) >= 11 is 0. The number of nitrogens with one attached hydrogen (secondary N) is 1. The van der Waals surface area contributed by atoms with Gasteiger partial charge < -0.3 is 9.88 Å². The van der Waals surface area contributed by atoms with E-state index in [-0.39, 0.29) is 5.91 Å². The molecule has 0 saturated carbocycles. The topological polar surface area (TPSA) is 73.5 Å². The molecule has 1 N–H and O–H groups in total. The largest absolute Gasteiger partial charge is 0.361 e. The van der Waals surface area contributed by atoms with Crippen LogP contribution in [0.3, 0.4) is 0 Å². The molecular weight excluding hydrogens is 326 g/mol. The first-order valence-electron chi connectivity index (χ1n) is 8.23. The van der Waals surface area contributed by atoms with Crippen LogP contribution in [-0.2, 0) is 21.2 Å². The Morgan fingerprint density at radius 2 is 1.96 bits per heavy atom. The Balaban J connectivity index is 1.59. The Morgan fingerprint density at radius 3 is 2.75 bits per heavy atom. The van der Waals surface area contributed by atoms with E-state index in [1.54, 1.807) is 4.90 Å². The fourth-order valence-electron chi connectivity index (χ4n) is 3.21. The van der Waals surface area contributed by atoms with E-state index in [1.165, 1.54) is 10.6 Å². The molecule has 1 amide bonds. The van der Waals surface area contributed by atoms with Gasteiger partial charge in [0.05, 0.1) is 6.26 Å².